The van der Waals surface area contributed by atoms with Gasteiger partial charge in [0.2, 0.25) is 0 Å². The van der Waals surface area contributed by atoms with Gasteiger partial charge >= 0.3 is 0 Å². The van der Waals surface area contributed by atoms with Crippen LogP contribution in [0.3, 0.4) is 0 Å². The zero-order valence-electron chi connectivity index (χ0n) is 14.2. The molecule has 0 rings (SSSR count). The third-order valence-electron chi connectivity index (χ3n) is 4.15. The second-order valence-corrected chi connectivity index (χ2v) is 9.97. The summed E-state index contributed by atoms with van der Waals surface area (Å²) >= 11 is -0.405. The van der Waals surface area contributed by atoms with E-state index in [0.717, 1.165) is 0 Å². The van der Waals surface area contributed by atoms with E-state index >= 15 is 0 Å². The number of hydrogen-bond acceptors (Lipinski definition) is 1. The van der Waals surface area contributed by atoms with E-state index in [4.69, 9.17) is 0 Å². The minimum absolute atomic E-state index is 0.405. The summed E-state index contributed by atoms with van der Waals surface area (Å²) in [6.07, 6.45) is 13.1. The molecule has 0 bridgehead atoms. The van der Waals surface area contributed by atoms with Gasteiger partial charge in [-0.3, -0.25) is 0 Å². The molecule has 0 amide bonds. The van der Waals surface area contributed by atoms with Crippen LogP contribution in [-0.4, -0.2) is 39.7 Å². The summed E-state index contributed by atoms with van der Waals surface area (Å²) in [6, 6.07) is 0. The van der Waals surface area contributed by atoms with Gasteiger partial charge in [0.25, 0.3) is 14.1 Å². The lowest BCUT2D eigenvalue weighted by Gasteiger charge is -2.14. The molecule has 0 radical (unpaired) electrons. The Kier molecular flexibility index (Phi) is 15.3. The van der Waals surface area contributed by atoms with Crippen LogP contribution in [-0.2, 0) is 0 Å². The molecule has 0 saturated carbocycles. The van der Waals surface area contributed by atoms with Gasteiger partial charge in [-0.25, -0.2) is 0 Å². The van der Waals surface area contributed by atoms with E-state index in [1.165, 1.54) is 64.3 Å². The van der Waals surface area contributed by atoms with E-state index in [1.54, 1.807) is 15.8 Å². The average molecular weight is 283 g/mol. The van der Waals surface area contributed by atoms with Crippen LogP contribution < -0.4 is 0 Å². The molecule has 0 fully saturated rings. The maximum absolute atomic E-state index is 2.35. The summed E-state index contributed by atoms with van der Waals surface area (Å²) in [5.74, 6) is 0. The highest BCUT2D eigenvalue weighted by Crippen LogP contribution is 2.17. The lowest BCUT2D eigenvalue weighted by molar-refractivity contribution is 0.407. The first kappa shape index (κ1) is 19.5. The molecule has 0 saturated heterocycles. The van der Waals surface area contributed by atoms with Gasteiger partial charge in [-0.05, 0) is 20.6 Å². The maximum Gasteiger partial charge on any atom is 0.261 e. The Bertz CT molecular complexity index is 159. The van der Waals surface area contributed by atoms with Gasteiger partial charge in [0.1, 0.15) is 0 Å². The summed E-state index contributed by atoms with van der Waals surface area (Å²) in [5.41, 5.74) is 0. The Morgan fingerprint density at radius 2 is 1.11 bits per heavy atom. The van der Waals surface area contributed by atoms with Gasteiger partial charge in [0, 0.05) is 0 Å². The second kappa shape index (κ2) is 14.9. The molecule has 2 heteroatoms. The monoisotopic (exact) mass is 283 g/mol. The van der Waals surface area contributed by atoms with E-state index in [2.05, 4.69) is 32.8 Å². The summed E-state index contributed by atoms with van der Waals surface area (Å²) in [7, 11) is 4.41. The van der Waals surface area contributed by atoms with E-state index in [-0.39, 0.29) is 0 Å². The summed E-state index contributed by atoms with van der Waals surface area (Å²) in [5, 5.41) is 4.84. The summed E-state index contributed by atoms with van der Waals surface area (Å²) < 4.78 is 0. The van der Waals surface area contributed by atoms with Crippen molar-refractivity contribution in [3.05, 3.63) is 0 Å². The molecule has 0 aliphatic heterocycles. The molecule has 0 aliphatic carbocycles. The van der Waals surface area contributed by atoms with Crippen molar-refractivity contribution in [1.29, 1.82) is 0 Å². The van der Waals surface area contributed by atoms with Gasteiger partial charge in [-0.2, -0.15) is 0 Å². The van der Waals surface area contributed by atoms with Crippen molar-refractivity contribution in [2.24, 2.45) is 0 Å². The highest BCUT2D eigenvalue weighted by Gasteiger charge is 2.15. The Labute approximate surface area is 127 Å². The summed E-state index contributed by atoms with van der Waals surface area (Å²) in [6.45, 7) is 5.93. The normalized spacial score (nSPS) is 11.2. The van der Waals surface area contributed by atoms with Crippen LogP contribution in [0.15, 0.2) is 0 Å². The highest BCUT2D eigenvalue weighted by atomic mass is 27.2. The van der Waals surface area contributed by atoms with E-state index < -0.39 is 14.1 Å². The molecule has 114 valence electrons. The molecule has 0 N–H and O–H groups in total. The molecule has 0 unspecified atom stereocenters. The standard InChI is InChI=1S/2C6H13.C5H12N.Al/c2*1-3-5-6-4-2;1-4-5-6(2)3;/h2*1,3-6H2,2H3;1,4-5H2,2-3H3;. The Morgan fingerprint density at radius 3 is 1.53 bits per heavy atom. The molecule has 0 aliphatic rings. The van der Waals surface area contributed by atoms with E-state index in [0.29, 0.717) is 0 Å². The molecule has 0 aromatic heterocycles. The lowest BCUT2D eigenvalue weighted by atomic mass is 10.2. The first-order valence-corrected chi connectivity index (χ1v) is 11.3. The van der Waals surface area contributed by atoms with Crippen molar-refractivity contribution >= 4 is 14.1 Å². The third-order valence-corrected chi connectivity index (χ3v) is 7.82. The van der Waals surface area contributed by atoms with Crippen LogP contribution in [0, 0.1) is 0 Å². The largest absolute Gasteiger partial charge is 0.309 e. The fourth-order valence-corrected chi connectivity index (χ4v) is 6.21. The SMILES string of the molecule is CCCCC[CH2][Al]([CH2]CCCCC)[CH2]CCN(C)C. The Morgan fingerprint density at radius 1 is 0.632 bits per heavy atom. The van der Waals surface area contributed by atoms with Crippen molar-refractivity contribution in [3.63, 3.8) is 0 Å². The molecule has 19 heavy (non-hydrogen) atoms. The fourth-order valence-electron chi connectivity index (χ4n) is 2.85. The smallest absolute Gasteiger partial charge is 0.261 e. The van der Waals surface area contributed by atoms with E-state index in [9.17, 15) is 0 Å². The van der Waals surface area contributed by atoms with Crippen molar-refractivity contribution in [1.82, 2.24) is 4.90 Å². The Balaban J connectivity index is 3.72. The number of unbranched alkanes of at least 4 members (excludes halogenated alkanes) is 6. The Hall–Kier alpha value is 0.492. The van der Waals surface area contributed by atoms with Crippen LogP contribution >= 0.6 is 0 Å². The highest BCUT2D eigenvalue weighted by molar-refractivity contribution is 6.58. The molecule has 0 heterocycles. The predicted octanol–water partition coefficient (Wildman–Crippen LogP) is 5.59. The van der Waals surface area contributed by atoms with Crippen molar-refractivity contribution < 1.29 is 0 Å². The fraction of sp³-hybridized carbons (Fsp3) is 1.00. The maximum atomic E-state index is 2.35. The van der Waals surface area contributed by atoms with Crippen LogP contribution in [0.4, 0.5) is 0 Å². The molecule has 0 aromatic rings. The van der Waals surface area contributed by atoms with E-state index in [1.807, 2.05) is 0 Å². The minimum Gasteiger partial charge on any atom is -0.309 e. The quantitative estimate of drug-likeness (QED) is 0.296. The zero-order chi connectivity index (χ0) is 14.3. The average Bonchev–Trinajstić information content (AvgIpc) is 2.38. The first-order valence-electron chi connectivity index (χ1n) is 8.85. The van der Waals surface area contributed by atoms with Crippen LogP contribution in [0.1, 0.15) is 71.6 Å². The molecular weight excluding hydrogens is 245 g/mol. The van der Waals surface area contributed by atoms with Crippen molar-refractivity contribution in [2.75, 3.05) is 20.6 Å². The van der Waals surface area contributed by atoms with Crippen LogP contribution in [0.25, 0.3) is 0 Å². The number of hydrogen-bond donors (Lipinski definition) is 0. The zero-order valence-corrected chi connectivity index (χ0v) is 15.4. The van der Waals surface area contributed by atoms with Crippen molar-refractivity contribution in [2.45, 2.75) is 87.5 Å². The molecule has 1 nitrogen and oxygen atoms in total. The summed E-state index contributed by atoms with van der Waals surface area (Å²) in [4.78, 5) is 2.35. The second-order valence-electron chi connectivity index (χ2n) is 6.51. The van der Waals surface area contributed by atoms with Gasteiger partial charge in [-0.15, -0.1) is 0 Å². The van der Waals surface area contributed by atoms with Gasteiger partial charge < -0.3 is 4.90 Å². The van der Waals surface area contributed by atoms with Crippen LogP contribution in [0.2, 0.25) is 15.8 Å². The minimum atomic E-state index is -0.405. The van der Waals surface area contributed by atoms with Gasteiger partial charge in [0.05, 0.1) is 0 Å². The molecule has 0 spiro atoms. The van der Waals surface area contributed by atoms with Gasteiger partial charge in [0.15, 0.2) is 0 Å². The van der Waals surface area contributed by atoms with Gasteiger partial charge in [-0.1, -0.05) is 87.5 Å². The lowest BCUT2D eigenvalue weighted by Crippen LogP contribution is -2.17. The molecule has 0 atom stereocenters. The molecular formula is C17H38AlN. The number of rotatable bonds is 14. The molecule has 0 aromatic carbocycles. The predicted molar refractivity (Wildman–Crippen MR) is 91.6 cm³/mol. The topological polar surface area (TPSA) is 3.24 Å². The van der Waals surface area contributed by atoms with Crippen LogP contribution in [0.5, 0.6) is 0 Å². The first-order chi connectivity index (χ1) is 9.20. The third kappa shape index (κ3) is 14.7. The van der Waals surface area contributed by atoms with Crippen molar-refractivity contribution in [3.8, 4) is 0 Å². The number of nitrogens with zero attached hydrogens (tertiary/aromatic N) is 1.